The van der Waals surface area contributed by atoms with Gasteiger partial charge in [0.2, 0.25) is 0 Å². The molecule has 3 aromatic rings. The molecule has 0 saturated heterocycles. The van der Waals surface area contributed by atoms with Crippen LogP contribution in [0.4, 0.5) is 15.3 Å². The Bertz CT molecular complexity index is 1480. The first-order valence-corrected chi connectivity index (χ1v) is 11.7. The number of fused-ring (bicyclic) bond motifs is 1. The number of nitrogens with zero attached hydrogens (tertiary/aromatic N) is 5. The van der Waals surface area contributed by atoms with E-state index in [2.05, 4.69) is 4.98 Å². The van der Waals surface area contributed by atoms with E-state index in [0.29, 0.717) is 16.9 Å². The largest absolute Gasteiger partial charge is 0.443 e. The molecule has 198 valence electrons. The summed E-state index contributed by atoms with van der Waals surface area (Å²) in [6.07, 6.45) is 1.66. The second kappa shape index (κ2) is 9.72. The molecule has 0 unspecified atom stereocenters. The first-order chi connectivity index (χ1) is 17.0. The van der Waals surface area contributed by atoms with Gasteiger partial charge in [0.15, 0.2) is 11.2 Å². The second-order valence-electron chi connectivity index (χ2n) is 10.6. The maximum absolute atomic E-state index is 13.0. The number of hydrogen-bond donors (Lipinski definition) is 0. The molecule has 0 radical (unpaired) electrons. The molecule has 0 N–H and O–H groups in total. The van der Waals surface area contributed by atoms with Crippen LogP contribution in [0.15, 0.2) is 33.9 Å². The standard InChI is InChI=1S/C26H33N5O6/c1-25(2,3)36-23(34)31(24(35)37-26(4,5)6)17-12-10-11-16(15-17)13-14-18-27-20-19(28(18)7)21(32)30(9)22(33)29(20)8/h10-15H,1-9H3. The molecular weight excluding hydrogens is 478 g/mol. The van der Waals surface area contributed by atoms with Crippen LogP contribution in [0.5, 0.6) is 0 Å². The van der Waals surface area contributed by atoms with E-state index in [1.54, 1.807) is 96.6 Å². The van der Waals surface area contributed by atoms with Crippen LogP contribution in [0.3, 0.4) is 0 Å². The number of ether oxygens (including phenoxy) is 2. The average molecular weight is 512 g/mol. The number of benzene rings is 1. The molecule has 0 spiro atoms. The number of aromatic nitrogens is 4. The van der Waals surface area contributed by atoms with E-state index >= 15 is 0 Å². The Hall–Kier alpha value is -4.15. The molecule has 0 bridgehead atoms. The van der Waals surface area contributed by atoms with Crippen molar-refractivity contribution in [2.45, 2.75) is 52.7 Å². The van der Waals surface area contributed by atoms with Crippen LogP contribution >= 0.6 is 0 Å². The topological polar surface area (TPSA) is 118 Å². The highest BCUT2D eigenvalue weighted by Crippen LogP contribution is 2.24. The van der Waals surface area contributed by atoms with Gasteiger partial charge >= 0.3 is 17.9 Å². The number of hydrogen-bond acceptors (Lipinski definition) is 7. The lowest BCUT2D eigenvalue weighted by Gasteiger charge is -2.28. The monoisotopic (exact) mass is 511 g/mol. The molecule has 0 atom stereocenters. The summed E-state index contributed by atoms with van der Waals surface area (Å²) < 4.78 is 14.8. The van der Waals surface area contributed by atoms with Gasteiger partial charge in [-0.3, -0.25) is 13.9 Å². The molecule has 2 aromatic heterocycles. The molecule has 3 rings (SSSR count). The highest BCUT2D eigenvalue weighted by Gasteiger charge is 2.32. The summed E-state index contributed by atoms with van der Waals surface area (Å²) >= 11 is 0. The van der Waals surface area contributed by atoms with E-state index in [4.69, 9.17) is 9.47 Å². The molecule has 0 aliphatic heterocycles. The molecule has 37 heavy (non-hydrogen) atoms. The van der Waals surface area contributed by atoms with Gasteiger partial charge in [0.25, 0.3) is 5.56 Å². The van der Waals surface area contributed by atoms with E-state index in [1.165, 1.54) is 11.6 Å². The fraction of sp³-hybridized carbons (Fsp3) is 0.423. The Morgan fingerprint density at radius 3 is 1.97 bits per heavy atom. The van der Waals surface area contributed by atoms with Gasteiger partial charge in [-0.05, 0) is 65.3 Å². The minimum atomic E-state index is -0.866. The second-order valence-corrected chi connectivity index (χ2v) is 10.6. The first kappa shape index (κ1) is 27.4. The Morgan fingerprint density at radius 1 is 0.865 bits per heavy atom. The van der Waals surface area contributed by atoms with Crippen molar-refractivity contribution in [3.63, 3.8) is 0 Å². The van der Waals surface area contributed by atoms with Gasteiger partial charge in [-0.1, -0.05) is 18.2 Å². The summed E-state index contributed by atoms with van der Waals surface area (Å²) in [6, 6.07) is 6.69. The zero-order valence-corrected chi connectivity index (χ0v) is 22.6. The molecule has 11 heteroatoms. The molecular formula is C26H33N5O6. The molecule has 2 amide bonds. The van der Waals surface area contributed by atoms with E-state index in [1.807, 2.05) is 0 Å². The fourth-order valence-corrected chi connectivity index (χ4v) is 3.52. The Kier molecular flexibility index (Phi) is 7.21. The third kappa shape index (κ3) is 5.99. The summed E-state index contributed by atoms with van der Waals surface area (Å²) in [5.41, 5.74) is -1.11. The summed E-state index contributed by atoms with van der Waals surface area (Å²) in [4.78, 5) is 56.1. The van der Waals surface area contributed by atoms with E-state index in [0.717, 1.165) is 9.47 Å². The smallest absolute Gasteiger partial charge is 0.424 e. The quantitative estimate of drug-likeness (QED) is 0.525. The molecule has 1 aromatic carbocycles. The fourth-order valence-electron chi connectivity index (χ4n) is 3.52. The van der Waals surface area contributed by atoms with Crippen LogP contribution in [0.25, 0.3) is 23.3 Å². The number of carbonyl (C=O) groups excluding carboxylic acids is 2. The van der Waals surface area contributed by atoms with E-state index < -0.39 is 34.6 Å². The first-order valence-electron chi connectivity index (χ1n) is 11.7. The lowest BCUT2D eigenvalue weighted by atomic mass is 10.1. The van der Waals surface area contributed by atoms with Crippen molar-refractivity contribution in [3.05, 3.63) is 56.5 Å². The third-order valence-corrected chi connectivity index (χ3v) is 5.22. The molecule has 11 nitrogen and oxygen atoms in total. The van der Waals surface area contributed by atoms with Crippen molar-refractivity contribution in [1.29, 1.82) is 0 Å². The molecule has 2 heterocycles. The number of imide groups is 1. The lowest BCUT2D eigenvalue weighted by molar-refractivity contribution is 0.0430. The number of amides is 2. The van der Waals surface area contributed by atoms with Gasteiger partial charge in [-0.2, -0.15) is 4.90 Å². The van der Waals surface area contributed by atoms with Crippen LogP contribution < -0.4 is 16.1 Å². The number of aryl methyl sites for hydroxylation is 2. The van der Waals surface area contributed by atoms with E-state index in [9.17, 15) is 19.2 Å². The van der Waals surface area contributed by atoms with Gasteiger partial charge in [0.05, 0.1) is 5.69 Å². The lowest BCUT2D eigenvalue weighted by Crippen LogP contribution is -2.43. The zero-order chi connectivity index (χ0) is 27.9. The van der Waals surface area contributed by atoms with Crippen molar-refractivity contribution in [3.8, 4) is 0 Å². The van der Waals surface area contributed by atoms with Gasteiger partial charge in [-0.15, -0.1) is 0 Å². The van der Waals surface area contributed by atoms with Crippen molar-refractivity contribution < 1.29 is 19.1 Å². The molecule has 0 fully saturated rings. The predicted molar refractivity (Wildman–Crippen MR) is 142 cm³/mol. The third-order valence-electron chi connectivity index (χ3n) is 5.22. The minimum absolute atomic E-state index is 0.256. The highest BCUT2D eigenvalue weighted by molar-refractivity contribution is 6.09. The Labute approximate surface area is 214 Å². The Morgan fingerprint density at radius 2 is 1.43 bits per heavy atom. The maximum Gasteiger partial charge on any atom is 0.424 e. The van der Waals surface area contributed by atoms with Crippen LogP contribution in [0.1, 0.15) is 52.9 Å². The number of carbonyl (C=O) groups is 2. The molecule has 0 aliphatic rings. The summed E-state index contributed by atoms with van der Waals surface area (Å²) in [7, 11) is 4.65. The van der Waals surface area contributed by atoms with Gasteiger partial charge in [0, 0.05) is 21.1 Å². The van der Waals surface area contributed by atoms with Gasteiger partial charge < -0.3 is 14.0 Å². The normalized spacial score (nSPS) is 12.2. The molecule has 0 aliphatic carbocycles. The predicted octanol–water partition coefficient (Wildman–Crippen LogP) is 3.82. The maximum atomic E-state index is 13.0. The average Bonchev–Trinajstić information content (AvgIpc) is 3.09. The Balaban J connectivity index is 2.03. The van der Waals surface area contributed by atoms with Gasteiger partial charge in [0.1, 0.15) is 17.0 Å². The highest BCUT2D eigenvalue weighted by atomic mass is 16.6. The number of imidazole rings is 1. The van der Waals surface area contributed by atoms with Crippen molar-refractivity contribution in [1.82, 2.24) is 18.7 Å². The minimum Gasteiger partial charge on any atom is -0.443 e. The summed E-state index contributed by atoms with van der Waals surface area (Å²) in [5, 5.41) is 0. The number of rotatable bonds is 3. The van der Waals surface area contributed by atoms with Crippen LogP contribution in [-0.2, 0) is 30.6 Å². The zero-order valence-electron chi connectivity index (χ0n) is 22.6. The van der Waals surface area contributed by atoms with Crippen molar-refractivity contribution >= 4 is 41.2 Å². The number of anilines is 1. The van der Waals surface area contributed by atoms with Crippen LogP contribution in [0.2, 0.25) is 0 Å². The van der Waals surface area contributed by atoms with Crippen molar-refractivity contribution in [2.24, 2.45) is 21.1 Å². The SMILES string of the molecule is Cn1c(=O)c2c(nc(C=Cc3cccc(N(C(=O)OC(C)(C)C)C(=O)OC(C)(C)C)c3)n2C)n(C)c1=O. The van der Waals surface area contributed by atoms with Gasteiger partial charge in [-0.25, -0.2) is 19.4 Å². The summed E-state index contributed by atoms with van der Waals surface area (Å²) in [6.45, 7) is 10.2. The van der Waals surface area contributed by atoms with Crippen LogP contribution in [0, 0.1) is 0 Å². The van der Waals surface area contributed by atoms with Crippen molar-refractivity contribution in [2.75, 3.05) is 4.90 Å². The van der Waals surface area contributed by atoms with Crippen LogP contribution in [-0.4, -0.2) is 42.1 Å². The van der Waals surface area contributed by atoms with E-state index in [-0.39, 0.29) is 11.3 Å². The summed E-state index contributed by atoms with van der Waals surface area (Å²) in [5.74, 6) is 0.440. The molecule has 0 saturated carbocycles.